The molecule has 1 N–H and O–H groups in total. The van der Waals surface area contributed by atoms with Crippen molar-refractivity contribution >= 4 is 11.3 Å². The Morgan fingerprint density at radius 1 is 1.56 bits per heavy atom. The molecule has 18 heavy (non-hydrogen) atoms. The molecule has 2 aromatic heterocycles. The lowest BCUT2D eigenvalue weighted by atomic mass is 10.1. The van der Waals surface area contributed by atoms with Crippen LogP contribution in [0.25, 0.3) is 0 Å². The Hall–Kier alpha value is -1.13. The van der Waals surface area contributed by atoms with Crippen molar-refractivity contribution in [3.8, 4) is 0 Å². The molecule has 1 aliphatic carbocycles. The van der Waals surface area contributed by atoms with Crippen molar-refractivity contribution < 1.29 is 0 Å². The van der Waals surface area contributed by atoms with Crippen LogP contribution in [0.5, 0.6) is 0 Å². The van der Waals surface area contributed by atoms with Crippen LogP contribution in [0.4, 0.5) is 0 Å². The number of thiazole rings is 1. The zero-order chi connectivity index (χ0) is 12.4. The maximum atomic E-state index is 4.33. The summed E-state index contributed by atoms with van der Waals surface area (Å²) >= 11 is 1.72. The molecule has 4 heteroatoms. The number of hydrogen-bond acceptors (Lipinski definition) is 3. The van der Waals surface area contributed by atoms with Crippen LogP contribution in [-0.2, 0) is 6.54 Å². The number of nitrogens with one attached hydrogen (secondary N) is 1. The van der Waals surface area contributed by atoms with Crippen molar-refractivity contribution in [3.63, 3.8) is 0 Å². The normalized spacial score (nSPS) is 16.9. The highest BCUT2D eigenvalue weighted by atomic mass is 32.1. The smallest absolute Gasteiger partial charge is 0.112 e. The summed E-state index contributed by atoms with van der Waals surface area (Å²) in [6.45, 7) is 4.11. The average molecular weight is 261 g/mol. The van der Waals surface area contributed by atoms with Crippen molar-refractivity contribution in [1.82, 2.24) is 14.9 Å². The monoisotopic (exact) mass is 261 g/mol. The second-order valence-electron chi connectivity index (χ2n) is 4.92. The van der Waals surface area contributed by atoms with E-state index < -0.39 is 0 Å². The topological polar surface area (TPSA) is 29.9 Å². The zero-order valence-electron chi connectivity index (χ0n) is 10.7. The Morgan fingerprint density at radius 3 is 3.11 bits per heavy atom. The van der Waals surface area contributed by atoms with Crippen LogP contribution in [-0.4, -0.2) is 16.1 Å². The Kier molecular flexibility index (Phi) is 3.48. The summed E-state index contributed by atoms with van der Waals surface area (Å²) in [6, 6.07) is 2.80. The minimum atomic E-state index is 0.549. The van der Waals surface area contributed by atoms with E-state index >= 15 is 0 Å². The molecule has 1 saturated carbocycles. The Bertz CT molecular complexity index is 485. The van der Waals surface area contributed by atoms with E-state index in [0.717, 1.165) is 19.0 Å². The van der Waals surface area contributed by atoms with Crippen molar-refractivity contribution in [2.45, 2.75) is 32.4 Å². The summed E-state index contributed by atoms with van der Waals surface area (Å²) in [6.07, 6.45) is 9.05. The van der Waals surface area contributed by atoms with Gasteiger partial charge in [0.25, 0.3) is 0 Å². The second kappa shape index (κ2) is 5.24. The fourth-order valence-electron chi connectivity index (χ4n) is 2.44. The third-order valence-corrected chi connectivity index (χ3v) is 4.22. The van der Waals surface area contributed by atoms with E-state index in [4.69, 9.17) is 0 Å². The second-order valence-corrected chi connectivity index (χ2v) is 5.89. The lowest BCUT2D eigenvalue weighted by Gasteiger charge is -2.15. The molecule has 1 atom stereocenters. The summed E-state index contributed by atoms with van der Waals surface area (Å²) in [5.41, 5.74) is 1.43. The van der Waals surface area contributed by atoms with Gasteiger partial charge in [-0.15, -0.1) is 11.3 Å². The molecule has 1 fully saturated rings. The number of aromatic nitrogens is 2. The van der Waals surface area contributed by atoms with Crippen molar-refractivity contribution in [2.24, 2.45) is 5.92 Å². The first-order valence-electron chi connectivity index (χ1n) is 6.64. The zero-order valence-corrected chi connectivity index (χ0v) is 11.5. The molecule has 3 rings (SSSR count). The van der Waals surface area contributed by atoms with E-state index in [-0.39, 0.29) is 0 Å². The summed E-state index contributed by atoms with van der Waals surface area (Å²) in [5.74, 6) is 0.848. The fourth-order valence-corrected chi connectivity index (χ4v) is 3.06. The lowest BCUT2D eigenvalue weighted by Crippen LogP contribution is -2.22. The molecule has 0 saturated heterocycles. The van der Waals surface area contributed by atoms with Crippen LogP contribution in [0.2, 0.25) is 0 Å². The van der Waals surface area contributed by atoms with Crippen LogP contribution < -0.4 is 5.32 Å². The van der Waals surface area contributed by atoms with E-state index in [9.17, 15) is 0 Å². The average Bonchev–Trinajstić information content (AvgIpc) is 2.88. The molecular formula is C14H19N3S. The van der Waals surface area contributed by atoms with Crippen LogP contribution in [0, 0.1) is 5.92 Å². The SMILES string of the molecule is CCNC(c1ccn(Cc2nccs2)c1)C1CC1. The summed E-state index contributed by atoms with van der Waals surface area (Å²) < 4.78 is 2.24. The Morgan fingerprint density at radius 2 is 2.44 bits per heavy atom. The van der Waals surface area contributed by atoms with Gasteiger partial charge in [0.1, 0.15) is 5.01 Å². The minimum Gasteiger partial charge on any atom is -0.347 e. The number of nitrogens with zero attached hydrogens (tertiary/aromatic N) is 2. The van der Waals surface area contributed by atoms with Gasteiger partial charge in [0.05, 0.1) is 6.54 Å². The first-order chi connectivity index (χ1) is 8.86. The molecule has 1 unspecified atom stereocenters. The summed E-state index contributed by atoms with van der Waals surface area (Å²) in [4.78, 5) is 4.33. The van der Waals surface area contributed by atoms with Gasteiger partial charge in [-0.3, -0.25) is 0 Å². The molecule has 0 aromatic carbocycles. The molecule has 3 nitrogen and oxygen atoms in total. The van der Waals surface area contributed by atoms with Crippen LogP contribution in [0.15, 0.2) is 30.0 Å². The molecule has 96 valence electrons. The number of rotatable bonds is 6. The first kappa shape index (κ1) is 11.9. The molecule has 0 spiro atoms. The van der Waals surface area contributed by atoms with E-state index in [1.165, 1.54) is 23.4 Å². The summed E-state index contributed by atoms with van der Waals surface area (Å²) in [5, 5.41) is 6.81. The van der Waals surface area contributed by atoms with Crippen LogP contribution in [0.1, 0.15) is 36.4 Å². The predicted octanol–water partition coefficient (Wildman–Crippen LogP) is 3.05. The third kappa shape index (κ3) is 2.65. The van der Waals surface area contributed by atoms with Gasteiger partial charge in [-0.05, 0) is 36.9 Å². The van der Waals surface area contributed by atoms with Gasteiger partial charge in [-0.2, -0.15) is 0 Å². The molecule has 2 aromatic rings. The predicted molar refractivity (Wildman–Crippen MR) is 74.8 cm³/mol. The van der Waals surface area contributed by atoms with Crippen LogP contribution in [0.3, 0.4) is 0 Å². The molecular weight excluding hydrogens is 242 g/mol. The molecule has 2 heterocycles. The van der Waals surface area contributed by atoms with Crippen molar-refractivity contribution in [1.29, 1.82) is 0 Å². The number of hydrogen-bond donors (Lipinski definition) is 1. The van der Waals surface area contributed by atoms with Gasteiger partial charge >= 0.3 is 0 Å². The van der Waals surface area contributed by atoms with Gasteiger partial charge in [-0.25, -0.2) is 4.98 Å². The lowest BCUT2D eigenvalue weighted by molar-refractivity contribution is 0.495. The van der Waals surface area contributed by atoms with Crippen molar-refractivity contribution in [2.75, 3.05) is 6.54 Å². The highest BCUT2D eigenvalue weighted by Crippen LogP contribution is 2.41. The summed E-state index contributed by atoms with van der Waals surface area (Å²) in [7, 11) is 0. The molecule has 0 radical (unpaired) electrons. The standard InChI is InChI=1S/C14H19N3S/c1-2-15-14(11-3-4-11)12-5-7-17(9-12)10-13-16-6-8-18-13/h5-9,11,14-15H,2-4,10H2,1H3. The highest BCUT2D eigenvalue weighted by molar-refractivity contribution is 7.09. The molecule has 0 amide bonds. The molecule has 0 aliphatic heterocycles. The first-order valence-corrected chi connectivity index (χ1v) is 7.52. The van der Waals surface area contributed by atoms with E-state index in [0.29, 0.717) is 6.04 Å². The molecule has 1 aliphatic rings. The van der Waals surface area contributed by atoms with Crippen LogP contribution >= 0.6 is 11.3 Å². The van der Waals surface area contributed by atoms with Gasteiger partial charge in [0, 0.05) is 30.0 Å². The van der Waals surface area contributed by atoms with E-state index in [2.05, 4.69) is 40.3 Å². The maximum Gasteiger partial charge on any atom is 0.112 e. The van der Waals surface area contributed by atoms with Gasteiger partial charge in [0.2, 0.25) is 0 Å². The Balaban J connectivity index is 1.71. The van der Waals surface area contributed by atoms with Gasteiger partial charge in [-0.1, -0.05) is 6.92 Å². The fraction of sp³-hybridized carbons (Fsp3) is 0.500. The van der Waals surface area contributed by atoms with E-state index in [1.807, 2.05) is 11.6 Å². The minimum absolute atomic E-state index is 0.549. The van der Waals surface area contributed by atoms with Gasteiger partial charge < -0.3 is 9.88 Å². The maximum absolute atomic E-state index is 4.33. The third-order valence-electron chi connectivity index (χ3n) is 3.45. The largest absolute Gasteiger partial charge is 0.347 e. The van der Waals surface area contributed by atoms with E-state index in [1.54, 1.807) is 11.3 Å². The molecule has 0 bridgehead atoms. The van der Waals surface area contributed by atoms with Crippen molar-refractivity contribution in [3.05, 3.63) is 40.6 Å². The highest BCUT2D eigenvalue weighted by Gasteiger charge is 2.31. The van der Waals surface area contributed by atoms with Gasteiger partial charge in [0.15, 0.2) is 0 Å². The quantitative estimate of drug-likeness (QED) is 0.866. The Labute approximate surface area is 112 Å².